The molecule has 2 aromatic heterocycles. The fraction of sp³-hybridized carbons (Fsp3) is 0.333. The molecule has 0 bridgehead atoms. The average Bonchev–Trinajstić information content (AvgIpc) is 3.48. The Labute approximate surface area is 192 Å². The average molecular weight is 451 g/mol. The van der Waals surface area contributed by atoms with Gasteiger partial charge in [0.15, 0.2) is 16.6 Å². The van der Waals surface area contributed by atoms with Crippen LogP contribution in [0.4, 0.5) is 0 Å². The first-order chi connectivity index (χ1) is 15.6. The van der Waals surface area contributed by atoms with Gasteiger partial charge in [0.25, 0.3) is 0 Å². The van der Waals surface area contributed by atoms with Crippen LogP contribution in [0.15, 0.2) is 48.7 Å². The largest absolute Gasteiger partial charge is 0.454 e. The fourth-order valence-electron chi connectivity index (χ4n) is 4.73. The number of hydrogen-bond acceptors (Lipinski definition) is 5. The Kier molecular flexibility index (Phi) is 5.48. The number of aromatic nitrogens is 2. The highest BCUT2D eigenvalue weighted by molar-refractivity contribution is 7.80. The van der Waals surface area contributed by atoms with E-state index >= 15 is 0 Å². The van der Waals surface area contributed by atoms with Crippen molar-refractivity contribution in [3.05, 3.63) is 71.3 Å². The molecule has 0 radical (unpaired) electrons. The predicted octanol–water partition coefficient (Wildman–Crippen LogP) is 3.57. The van der Waals surface area contributed by atoms with Crippen LogP contribution in [0.25, 0.3) is 5.69 Å². The van der Waals surface area contributed by atoms with Crippen LogP contribution in [0, 0.1) is 13.8 Å². The van der Waals surface area contributed by atoms with E-state index < -0.39 is 0 Å². The summed E-state index contributed by atoms with van der Waals surface area (Å²) in [6.07, 6.45) is 2.46. The van der Waals surface area contributed by atoms with Crippen molar-refractivity contribution in [1.82, 2.24) is 19.8 Å². The Bertz CT molecular complexity index is 1150. The molecule has 2 aliphatic heterocycles. The zero-order valence-electron chi connectivity index (χ0n) is 18.1. The number of nitrogens with zero attached hydrogens (tertiary/aromatic N) is 3. The third kappa shape index (κ3) is 3.49. The van der Waals surface area contributed by atoms with Gasteiger partial charge in [0.2, 0.25) is 6.79 Å². The molecule has 1 fully saturated rings. The molecule has 2 N–H and O–H groups in total. The second kappa shape index (κ2) is 8.44. The van der Waals surface area contributed by atoms with Crippen molar-refractivity contribution >= 4 is 17.3 Å². The topological polar surface area (TPSA) is 71.8 Å². The van der Waals surface area contributed by atoms with E-state index in [1.54, 1.807) is 0 Å². The van der Waals surface area contributed by atoms with Crippen LogP contribution in [-0.2, 0) is 0 Å². The van der Waals surface area contributed by atoms with Crippen molar-refractivity contribution in [3.8, 4) is 17.2 Å². The number of thiocarbonyl (C=S) groups is 1. The summed E-state index contributed by atoms with van der Waals surface area (Å²) in [5.41, 5.74) is 5.41. The highest BCUT2D eigenvalue weighted by Crippen LogP contribution is 2.42. The van der Waals surface area contributed by atoms with Crippen LogP contribution in [0.3, 0.4) is 0 Å². The number of fused-ring (bicyclic) bond motifs is 1. The van der Waals surface area contributed by atoms with Gasteiger partial charge in [0.1, 0.15) is 0 Å². The maximum atomic E-state index is 9.45. The molecule has 1 saturated heterocycles. The van der Waals surface area contributed by atoms with Crippen molar-refractivity contribution < 1.29 is 14.6 Å². The summed E-state index contributed by atoms with van der Waals surface area (Å²) in [7, 11) is 0. The second-order valence-electron chi connectivity index (χ2n) is 8.10. The summed E-state index contributed by atoms with van der Waals surface area (Å²) < 4.78 is 13.3. The summed E-state index contributed by atoms with van der Waals surface area (Å²) in [4.78, 5) is 6.78. The van der Waals surface area contributed by atoms with Gasteiger partial charge < -0.3 is 29.4 Å². The molecule has 32 heavy (non-hydrogen) atoms. The molecule has 5 rings (SSSR count). The number of aliphatic hydroxyl groups excluding tert-OH is 1. The maximum absolute atomic E-state index is 9.45. The van der Waals surface area contributed by atoms with Crippen LogP contribution in [-0.4, -0.2) is 44.6 Å². The molecular formula is C24H26N4O3S. The summed E-state index contributed by atoms with van der Waals surface area (Å²) in [5, 5.41) is 13.6. The molecule has 0 unspecified atom stereocenters. The Hall–Kier alpha value is -3.10. The Balaban J connectivity index is 1.59. The lowest BCUT2D eigenvalue weighted by Crippen LogP contribution is -2.31. The first-order valence-electron chi connectivity index (χ1n) is 10.8. The van der Waals surface area contributed by atoms with E-state index in [-0.39, 0.29) is 25.5 Å². The molecule has 166 valence electrons. The molecule has 0 saturated carbocycles. The molecule has 0 spiro atoms. The number of benzene rings is 1. The molecule has 2 aliphatic rings. The Morgan fingerprint density at radius 1 is 1.16 bits per heavy atom. The van der Waals surface area contributed by atoms with Crippen molar-refractivity contribution in [2.24, 2.45) is 0 Å². The van der Waals surface area contributed by atoms with E-state index in [0.29, 0.717) is 18.1 Å². The zero-order valence-corrected chi connectivity index (χ0v) is 18.9. The molecule has 1 aromatic carbocycles. The Morgan fingerprint density at radius 3 is 2.78 bits per heavy atom. The van der Waals surface area contributed by atoms with E-state index in [9.17, 15) is 5.11 Å². The molecule has 0 amide bonds. The van der Waals surface area contributed by atoms with Gasteiger partial charge in [0, 0.05) is 42.5 Å². The van der Waals surface area contributed by atoms with E-state index in [0.717, 1.165) is 34.3 Å². The van der Waals surface area contributed by atoms with Gasteiger partial charge in [-0.3, -0.25) is 4.98 Å². The van der Waals surface area contributed by atoms with Crippen LogP contribution >= 0.6 is 12.2 Å². The molecule has 8 heteroatoms. The maximum Gasteiger partial charge on any atom is 0.231 e. The van der Waals surface area contributed by atoms with Crippen molar-refractivity contribution in [2.75, 3.05) is 19.9 Å². The highest BCUT2D eigenvalue weighted by atomic mass is 32.1. The van der Waals surface area contributed by atoms with Gasteiger partial charge in [-0.1, -0.05) is 6.07 Å². The lowest BCUT2D eigenvalue weighted by molar-refractivity contribution is 0.174. The molecule has 2 atom stereocenters. The lowest BCUT2D eigenvalue weighted by Gasteiger charge is -2.28. The van der Waals surface area contributed by atoms with E-state index in [4.69, 9.17) is 21.7 Å². The lowest BCUT2D eigenvalue weighted by atomic mass is 9.96. The minimum Gasteiger partial charge on any atom is -0.454 e. The summed E-state index contributed by atoms with van der Waals surface area (Å²) in [5.74, 6) is 1.53. The predicted molar refractivity (Wildman–Crippen MR) is 125 cm³/mol. The van der Waals surface area contributed by atoms with Crippen LogP contribution in [0.1, 0.15) is 41.1 Å². The van der Waals surface area contributed by atoms with Gasteiger partial charge >= 0.3 is 0 Å². The van der Waals surface area contributed by atoms with Gasteiger partial charge in [-0.2, -0.15) is 0 Å². The van der Waals surface area contributed by atoms with Gasteiger partial charge in [0.05, 0.1) is 17.8 Å². The molecule has 3 aromatic rings. The molecular weight excluding hydrogens is 424 g/mol. The molecule has 4 heterocycles. The number of aryl methyl sites for hydroxylation is 1. The minimum atomic E-state index is -0.0758. The quantitative estimate of drug-likeness (QED) is 0.556. The number of nitrogens with one attached hydrogen (secondary N) is 1. The first kappa shape index (κ1) is 20.8. The highest BCUT2D eigenvalue weighted by Gasteiger charge is 2.41. The van der Waals surface area contributed by atoms with Crippen molar-refractivity contribution in [1.29, 1.82) is 0 Å². The SMILES string of the molecule is Cc1cc([C@H]2[C@H](c3ccccn3)NC(=S)N2CCCO)c(C)n1-c1ccc2c(c1)OCO2. The van der Waals surface area contributed by atoms with Crippen LogP contribution < -0.4 is 14.8 Å². The van der Waals surface area contributed by atoms with E-state index in [1.807, 2.05) is 36.5 Å². The summed E-state index contributed by atoms with van der Waals surface area (Å²) >= 11 is 5.71. The summed E-state index contributed by atoms with van der Waals surface area (Å²) in [6.45, 7) is 5.29. The number of ether oxygens (including phenoxy) is 2. The fourth-order valence-corrected chi connectivity index (χ4v) is 5.07. The Morgan fingerprint density at radius 2 is 2.00 bits per heavy atom. The van der Waals surface area contributed by atoms with Crippen molar-refractivity contribution in [3.63, 3.8) is 0 Å². The number of pyridine rings is 1. The number of aliphatic hydroxyl groups is 1. The summed E-state index contributed by atoms with van der Waals surface area (Å²) in [6, 6.07) is 14.1. The van der Waals surface area contributed by atoms with Crippen molar-refractivity contribution in [2.45, 2.75) is 32.4 Å². The standard InChI is InChI=1S/C24H26N4O3S/c1-15-12-18(16(2)28(15)17-7-8-20-21(13-17)31-14-30-20)23-22(19-6-3-4-9-25-19)26-24(32)27(23)10-5-11-29/h3-4,6-9,12-13,22-23,29H,5,10-11,14H2,1-2H3,(H,26,32)/t22-,23-/m0/s1. The third-order valence-corrected chi connectivity index (χ3v) is 6.51. The van der Waals surface area contributed by atoms with Gasteiger partial charge in [-0.15, -0.1) is 0 Å². The minimum absolute atomic E-state index is 0.0297. The normalized spacial score (nSPS) is 19.5. The molecule has 7 nitrogen and oxygen atoms in total. The van der Waals surface area contributed by atoms with Crippen LogP contribution in [0.5, 0.6) is 11.5 Å². The monoisotopic (exact) mass is 450 g/mol. The molecule has 0 aliphatic carbocycles. The van der Waals surface area contributed by atoms with Gasteiger partial charge in [-0.05, 0) is 68.4 Å². The third-order valence-electron chi connectivity index (χ3n) is 6.16. The number of rotatable bonds is 6. The first-order valence-corrected chi connectivity index (χ1v) is 11.2. The smallest absolute Gasteiger partial charge is 0.231 e. The van der Waals surface area contributed by atoms with E-state index in [2.05, 4.69) is 45.7 Å². The zero-order chi connectivity index (χ0) is 22.2. The number of hydrogen-bond donors (Lipinski definition) is 2. The van der Waals surface area contributed by atoms with Crippen LogP contribution in [0.2, 0.25) is 0 Å². The second-order valence-corrected chi connectivity index (χ2v) is 8.48. The van der Waals surface area contributed by atoms with E-state index in [1.165, 1.54) is 5.56 Å². The van der Waals surface area contributed by atoms with Gasteiger partial charge in [-0.25, -0.2) is 0 Å².